The standard InChI is InChI=1S/C16H20N2O/c1-16(2,3)14(19)13(15-17-9-10-18-15)11-12-7-5-4-6-8-12/h4-11,14,19H,1-3H3,(H,17,18)/b13-11-. The van der Waals surface area contributed by atoms with Crippen molar-refractivity contribution in [3.8, 4) is 0 Å². The topological polar surface area (TPSA) is 48.9 Å². The number of H-pyrrole nitrogens is 1. The van der Waals surface area contributed by atoms with Crippen LogP contribution < -0.4 is 0 Å². The molecule has 3 nitrogen and oxygen atoms in total. The van der Waals surface area contributed by atoms with Crippen LogP contribution in [0.3, 0.4) is 0 Å². The number of aromatic nitrogens is 2. The van der Waals surface area contributed by atoms with Crippen LogP contribution in [-0.2, 0) is 0 Å². The lowest BCUT2D eigenvalue weighted by Gasteiger charge is -2.27. The molecule has 0 bridgehead atoms. The molecule has 1 aromatic carbocycles. The van der Waals surface area contributed by atoms with Gasteiger partial charge in [0, 0.05) is 18.0 Å². The summed E-state index contributed by atoms with van der Waals surface area (Å²) in [5.74, 6) is 0.714. The van der Waals surface area contributed by atoms with E-state index < -0.39 is 6.10 Å². The predicted octanol–water partition coefficient (Wildman–Crippen LogP) is 3.36. The lowest BCUT2D eigenvalue weighted by atomic mass is 9.83. The molecular formula is C16H20N2O. The molecule has 1 heterocycles. The summed E-state index contributed by atoms with van der Waals surface area (Å²) in [5.41, 5.74) is 1.62. The van der Waals surface area contributed by atoms with Gasteiger partial charge < -0.3 is 10.1 Å². The van der Waals surface area contributed by atoms with Gasteiger partial charge in [0.1, 0.15) is 5.82 Å². The smallest absolute Gasteiger partial charge is 0.135 e. The minimum atomic E-state index is -0.584. The first-order valence-corrected chi connectivity index (χ1v) is 6.43. The van der Waals surface area contributed by atoms with Crippen LogP contribution in [0.15, 0.2) is 42.7 Å². The van der Waals surface area contributed by atoms with Crippen molar-refractivity contribution < 1.29 is 5.11 Å². The van der Waals surface area contributed by atoms with Gasteiger partial charge in [-0.05, 0) is 17.1 Å². The zero-order chi connectivity index (χ0) is 13.9. The number of benzene rings is 1. The fourth-order valence-corrected chi connectivity index (χ4v) is 1.90. The van der Waals surface area contributed by atoms with E-state index >= 15 is 0 Å². The fourth-order valence-electron chi connectivity index (χ4n) is 1.90. The van der Waals surface area contributed by atoms with Gasteiger partial charge in [-0.3, -0.25) is 0 Å². The highest BCUT2D eigenvalue weighted by Gasteiger charge is 2.27. The second-order valence-corrected chi connectivity index (χ2v) is 5.72. The molecule has 0 aliphatic heterocycles. The van der Waals surface area contributed by atoms with E-state index in [-0.39, 0.29) is 5.41 Å². The zero-order valence-corrected chi connectivity index (χ0v) is 11.6. The van der Waals surface area contributed by atoms with Crippen LogP contribution in [0, 0.1) is 5.41 Å². The molecule has 0 aliphatic rings. The molecule has 0 radical (unpaired) electrons. The molecule has 2 rings (SSSR count). The Morgan fingerprint density at radius 3 is 2.47 bits per heavy atom. The quantitative estimate of drug-likeness (QED) is 0.884. The summed E-state index contributed by atoms with van der Waals surface area (Å²) < 4.78 is 0. The van der Waals surface area contributed by atoms with Crippen LogP contribution in [0.1, 0.15) is 32.2 Å². The van der Waals surface area contributed by atoms with Crippen LogP contribution >= 0.6 is 0 Å². The lowest BCUT2D eigenvalue weighted by Crippen LogP contribution is -2.27. The highest BCUT2D eigenvalue weighted by molar-refractivity contribution is 5.81. The number of hydrogen-bond acceptors (Lipinski definition) is 2. The van der Waals surface area contributed by atoms with Gasteiger partial charge in [0.25, 0.3) is 0 Å². The van der Waals surface area contributed by atoms with E-state index in [9.17, 15) is 5.11 Å². The molecule has 0 saturated heterocycles. The van der Waals surface area contributed by atoms with Crippen LogP contribution in [-0.4, -0.2) is 21.2 Å². The van der Waals surface area contributed by atoms with E-state index in [1.165, 1.54) is 0 Å². The van der Waals surface area contributed by atoms with Crippen molar-refractivity contribution in [2.75, 3.05) is 0 Å². The number of hydrogen-bond donors (Lipinski definition) is 2. The van der Waals surface area contributed by atoms with Crippen molar-refractivity contribution in [2.45, 2.75) is 26.9 Å². The molecule has 0 fully saturated rings. The summed E-state index contributed by atoms with van der Waals surface area (Å²) in [5, 5.41) is 10.6. The first-order valence-electron chi connectivity index (χ1n) is 6.43. The highest BCUT2D eigenvalue weighted by atomic mass is 16.3. The van der Waals surface area contributed by atoms with Gasteiger partial charge in [-0.1, -0.05) is 51.1 Å². The Hall–Kier alpha value is -1.87. The summed E-state index contributed by atoms with van der Waals surface area (Å²) >= 11 is 0. The van der Waals surface area contributed by atoms with Crippen molar-refractivity contribution in [2.24, 2.45) is 5.41 Å². The Labute approximate surface area is 114 Å². The average Bonchev–Trinajstić information content (AvgIpc) is 2.89. The molecule has 2 N–H and O–H groups in total. The zero-order valence-electron chi connectivity index (χ0n) is 11.6. The van der Waals surface area contributed by atoms with Crippen LogP contribution in [0.4, 0.5) is 0 Å². The van der Waals surface area contributed by atoms with Gasteiger partial charge in [0.2, 0.25) is 0 Å². The first-order chi connectivity index (χ1) is 8.98. The Bertz CT molecular complexity index is 536. The van der Waals surface area contributed by atoms with Crippen molar-refractivity contribution in [3.05, 3.63) is 54.1 Å². The number of nitrogens with one attached hydrogen (secondary N) is 1. The Morgan fingerprint density at radius 2 is 1.95 bits per heavy atom. The molecule has 100 valence electrons. The van der Waals surface area contributed by atoms with Crippen LogP contribution in [0.5, 0.6) is 0 Å². The number of nitrogens with zero attached hydrogens (tertiary/aromatic N) is 1. The summed E-state index contributed by atoms with van der Waals surface area (Å²) in [6, 6.07) is 9.96. The molecule has 1 aromatic heterocycles. The molecular weight excluding hydrogens is 236 g/mol. The van der Waals surface area contributed by atoms with E-state index in [0.717, 1.165) is 11.1 Å². The number of aromatic amines is 1. The molecule has 0 amide bonds. The molecule has 1 atom stereocenters. The minimum absolute atomic E-state index is 0.243. The minimum Gasteiger partial charge on any atom is -0.388 e. The summed E-state index contributed by atoms with van der Waals surface area (Å²) in [7, 11) is 0. The molecule has 2 aromatic rings. The van der Waals surface area contributed by atoms with E-state index in [1.54, 1.807) is 12.4 Å². The third-order valence-corrected chi connectivity index (χ3v) is 3.01. The first kappa shape index (κ1) is 13.6. The van der Waals surface area contributed by atoms with Crippen molar-refractivity contribution in [1.29, 1.82) is 0 Å². The van der Waals surface area contributed by atoms with Crippen LogP contribution in [0.2, 0.25) is 0 Å². The predicted molar refractivity (Wildman–Crippen MR) is 78.4 cm³/mol. The lowest BCUT2D eigenvalue weighted by molar-refractivity contribution is 0.114. The van der Waals surface area contributed by atoms with Gasteiger partial charge in [-0.25, -0.2) is 4.98 Å². The Kier molecular flexibility index (Phi) is 3.86. The van der Waals surface area contributed by atoms with Gasteiger partial charge in [-0.2, -0.15) is 0 Å². The summed E-state index contributed by atoms with van der Waals surface area (Å²) in [6.45, 7) is 6.04. The van der Waals surface area contributed by atoms with Gasteiger partial charge >= 0.3 is 0 Å². The normalized spacial score (nSPS) is 14.4. The maximum absolute atomic E-state index is 10.6. The van der Waals surface area contributed by atoms with E-state index in [0.29, 0.717) is 5.82 Å². The maximum Gasteiger partial charge on any atom is 0.135 e. The van der Waals surface area contributed by atoms with Crippen molar-refractivity contribution in [3.63, 3.8) is 0 Å². The largest absolute Gasteiger partial charge is 0.388 e. The number of aliphatic hydroxyl groups excluding tert-OH is 1. The van der Waals surface area contributed by atoms with Crippen molar-refractivity contribution in [1.82, 2.24) is 9.97 Å². The molecule has 0 spiro atoms. The summed E-state index contributed by atoms with van der Waals surface area (Å²) in [6.07, 6.45) is 4.86. The monoisotopic (exact) mass is 256 g/mol. The fraction of sp³-hybridized carbons (Fsp3) is 0.312. The number of imidazole rings is 1. The number of rotatable bonds is 3. The molecule has 0 aliphatic carbocycles. The van der Waals surface area contributed by atoms with Crippen molar-refractivity contribution >= 4 is 11.6 Å². The van der Waals surface area contributed by atoms with E-state index in [1.807, 2.05) is 57.2 Å². The highest BCUT2D eigenvalue weighted by Crippen LogP contribution is 2.31. The summed E-state index contributed by atoms with van der Waals surface area (Å²) in [4.78, 5) is 7.33. The van der Waals surface area contributed by atoms with Gasteiger partial charge in [0.05, 0.1) is 6.10 Å². The molecule has 19 heavy (non-hydrogen) atoms. The second kappa shape index (κ2) is 5.41. The SMILES string of the molecule is CC(C)(C)C(O)/C(=C/c1ccccc1)c1ncc[nH]1. The van der Waals surface area contributed by atoms with E-state index in [2.05, 4.69) is 9.97 Å². The van der Waals surface area contributed by atoms with Gasteiger partial charge in [-0.15, -0.1) is 0 Å². The van der Waals surface area contributed by atoms with Crippen LogP contribution in [0.25, 0.3) is 11.6 Å². The Morgan fingerprint density at radius 1 is 1.26 bits per heavy atom. The molecule has 3 heteroatoms. The third kappa shape index (κ3) is 3.32. The van der Waals surface area contributed by atoms with Gasteiger partial charge in [0.15, 0.2) is 0 Å². The average molecular weight is 256 g/mol. The number of aliphatic hydroxyl groups is 1. The van der Waals surface area contributed by atoms with E-state index in [4.69, 9.17) is 0 Å². The molecule has 1 unspecified atom stereocenters. The third-order valence-electron chi connectivity index (χ3n) is 3.01. The maximum atomic E-state index is 10.6. The second-order valence-electron chi connectivity index (χ2n) is 5.72. The Balaban J connectivity index is 2.44. The molecule has 0 saturated carbocycles.